The first-order chi connectivity index (χ1) is 8.85. The van der Waals surface area contributed by atoms with Crippen LogP contribution in [0.15, 0.2) is 24.3 Å². The highest BCUT2D eigenvalue weighted by Crippen LogP contribution is 2.24. The first-order valence-corrected chi connectivity index (χ1v) is 6.41. The number of benzene rings is 1. The zero-order valence-electron chi connectivity index (χ0n) is 10.5. The Morgan fingerprint density at radius 2 is 1.94 bits per heavy atom. The van der Waals surface area contributed by atoms with Gasteiger partial charge in [0.05, 0.1) is 11.6 Å². The first-order valence-electron chi connectivity index (χ1n) is 6.41. The van der Waals surface area contributed by atoms with Crippen molar-refractivity contribution >= 4 is 0 Å². The fourth-order valence-corrected chi connectivity index (χ4v) is 2.46. The maximum atomic E-state index is 9.23. The molecule has 0 saturated carbocycles. The predicted octanol–water partition coefficient (Wildman–Crippen LogP) is 0.887. The molecule has 4 heteroatoms. The minimum Gasteiger partial charge on any atom is -0.396 e. The molecule has 96 valence electrons. The van der Waals surface area contributed by atoms with Crippen molar-refractivity contribution in [2.45, 2.75) is 12.5 Å². The molecule has 0 radical (unpaired) electrons. The second-order valence-electron chi connectivity index (χ2n) is 4.55. The Morgan fingerprint density at radius 1 is 1.28 bits per heavy atom. The summed E-state index contributed by atoms with van der Waals surface area (Å²) in [5, 5.41) is 21.4. The molecule has 4 nitrogen and oxygen atoms in total. The van der Waals surface area contributed by atoms with E-state index in [0.29, 0.717) is 5.56 Å². The molecule has 0 unspecified atom stereocenters. The van der Waals surface area contributed by atoms with Crippen molar-refractivity contribution in [3.63, 3.8) is 0 Å². The minimum atomic E-state index is 0.189. The molecule has 2 N–H and O–H groups in total. The van der Waals surface area contributed by atoms with E-state index in [4.69, 9.17) is 5.26 Å². The van der Waals surface area contributed by atoms with E-state index in [9.17, 15) is 5.11 Å². The monoisotopic (exact) mass is 245 g/mol. The largest absolute Gasteiger partial charge is 0.396 e. The third-order valence-corrected chi connectivity index (χ3v) is 3.42. The fourth-order valence-electron chi connectivity index (χ4n) is 2.46. The third kappa shape index (κ3) is 3.08. The number of rotatable bonds is 4. The van der Waals surface area contributed by atoms with Gasteiger partial charge in [-0.15, -0.1) is 0 Å². The molecule has 1 aliphatic heterocycles. The third-order valence-electron chi connectivity index (χ3n) is 3.42. The maximum absolute atomic E-state index is 9.23. The van der Waals surface area contributed by atoms with Gasteiger partial charge in [0, 0.05) is 38.8 Å². The van der Waals surface area contributed by atoms with Gasteiger partial charge in [0.1, 0.15) is 0 Å². The van der Waals surface area contributed by atoms with Crippen LogP contribution in [0.4, 0.5) is 0 Å². The van der Waals surface area contributed by atoms with Crippen molar-refractivity contribution in [2.75, 3.05) is 32.8 Å². The van der Waals surface area contributed by atoms with Crippen molar-refractivity contribution in [3.8, 4) is 6.07 Å². The molecule has 1 aliphatic rings. The SMILES string of the molecule is N#Cc1ccc([C@@H](CCO)N2CCNCC2)cc1. The fraction of sp³-hybridized carbons (Fsp3) is 0.500. The van der Waals surface area contributed by atoms with Crippen molar-refractivity contribution in [1.82, 2.24) is 10.2 Å². The summed E-state index contributed by atoms with van der Waals surface area (Å²) >= 11 is 0. The van der Waals surface area contributed by atoms with Crippen LogP contribution in [0.2, 0.25) is 0 Å². The van der Waals surface area contributed by atoms with E-state index in [-0.39, 0.29) is 12.6 Å². The Bertz CT molecular complexity index is 404. The second-order valence-corrected chi connectivity index (χ2v) is 4.55. The molecular formula is C14H19N3O. The number of hydrogen-bond acceptors (Lipinski definition) is 4. The zero-order chi connectivity index (χ0) is 12.8. The Morgan fingerprint density at radius 3 is 2.50 bits per heavy atom. The van der Waals surface area contributed by atoms with Crippen LogP contribution >= 0.6 is 0 Å². The van der Waals surface area contributed by atoms with Crippen LogP contribution in [0, 0.1) is 11.3 Å². The van der Waals surface area contributed by atoms with Crippen LogP contribution in [-0.2, 0) is 0 Å². The molecular weight excluding hydrogens is 226 g/mol. The van der Waals surface area contributed by atoms with Gasteiger partial charge in [-0.2, -0.15) is 5.26 Å². The Labute approximate surface area is 108 Å². The van der Waals surface area contributed by atoms with E-state index in [2.05, 4.69) is 16.3 Å². The van der Waals surface area contributed by atoms with E-state index < -0.39 is 0 Å². The lowest BCUT2D eigenvalue weighted by atomic mass is 10.0. The molecule has 0 aliphatic carbocycles. The maximum Gasteiger partial charge on any atom is 0.0991 e. The molecule has 18 heavy (non-hydrogen) atoms. The van der Waals surface area contributed by atoms with Crippen LogP contribution in [0.25, 0.3) is 0 Å². The van der Waals surface area contributed by atoms with Crippen LogP contribution < -0.4 is 5.32 Å². The molecule has 2 rings (SSSR count). The molecule has 0 amide bonds. The van der Waals surface area contributed by atoms with E-state index in [1.54, 1.807) is 0 Å². The number of hydrogen-bond donors (Lipinski definition) is 2. The number of nitrogens with zero attached hydrogens (tertiary/aromatic N) is 2. The molecule has 1 atom stereocenters. The predicted molar refractivity (Wildman–Crippen MR) is 70.0 cm³/mol. The van der Waals surface area contributed by atoms with E-state index in [1.807, 2.05) is 24.3 Å². The Hall–Kier alpha value is -1.41. The van der Waals surface area contributed by atoms with E-state index >= 15 is 0 Å². The summed E-state index contributed by atoms with van der Waals surface area (Å²) < 4.78 is 0. The highest BCUT2D eigenvalue weighted by molar-refractivity contribution is 5.33. The summed E-state index contributed by atoms with van der Waals surface area (Å²) in [6.45, 7) is 4.19. The van der Waals surface area contributed by atoms with Gasteiger partial charge in [0.25, 0.3) is 0 Å². The summed E-state index contributed by atoms with van der Waals surface area (Å²) in [6, 6.07) is 10.1. The Kier molecular flexibility index (Phi) is 4.71. The minimum absolute atomic E-state index is 0.189. The molecule has 1 fully saturated rings. The second kappa shape index (κ2) is 6.50. The molecule has 0 spiro atoms. The van der Waals surface area contributed by atoms with Crippen LogP contribution in [-0.4, -0.2) is 42.8 Å². The van der Waals surface area contributed by atoms with Crippen molar-refractivity contribution in [1.29, 1.82) is 5.26 Å². The lowest BCUT2D eigenvalue weighted by Gasteiger charge is -2.35. The van der Waals surface area contributed by atoms with Gasteiger partial charge in [0.15, 0.2) is 0 Å². The van der Waals surface area contributed by atoms with Gasteiger partial charge < -0.3 is 10.4 Å². The lowest BCUT2D eigenvalue weighted by molar-refractivity contribution is 0.141. The zero-order valence-corrected chi connectivity index (χ0v) is 10.5. The number of nitriles is 1. The molecule has 1 saturated heterocycles. The van der Waals surface area contributed by atoms with Crippen molar-refractivity contribution in [3.05, 3.63) is 35.4 Å². The molecule has 0 aromatic heterocycles. The molecule has 1 aromatic carbocycles. The number of aliphatic hydroxyl groups is 1. The molecule has 0 bridgehead atoms. The van der Waals surface area contributed by atoms with E-state index in [1.165, 1.54) is 5.56 Å². The van der Waals surface area contributed by atoms with Crippen molar-refractivity contribution < 1.29 is 5.11 Å². The van der Waals surface area contributed by atoms with Gasteiger partial charge in [-0.3, -0.25) is 4.90 Å². The number of aliphatic hydroxyl groups excluding tert-OH is 1. The Balaban J connectivity index is 2.14. The normalized spacial score (nSPS) is 18.2. The summed E-state index contributed by atoms with van der Waals surface area (Å²) in [5.41, 5.74) is 1.87. The van der Waals surface area contributed by atoms with Gasteiger partial charge >= 0.3 is 0 Å². The number of nitrogens with one attached hydrogen (secondary N) is 1. The smallest absolute Gasteiger partial charge is 0.0991 e. The summed E-state index contributed by atoms with van der Waals surface area (Å²) in [5.74, 6) is 0. The summed E-state index contributed by atoms with van der Waals surface area (Å²) in [6.07, 6.45) is 0.742. The van der Waals surface area contributed by atoms with Crippen LogP contribution in [0.5, 0.6) is 0 Å². The topological polar surface area (TPSA) is 59.3 Å². The van der Waals surface area contributed by atoms with Gasteiger partial charge in [-0.05, 0) is 24.1 Å². The van der Waals surface area contributed by atoms with Gasteiger partial charge in [-0.25, -0.2) is 0 Å². The highest BCUT2D eigenvalue weighted by atomic mass is 16.3. The highest BCUT2D eigenvalue weighted by Gasteiger charge is 2.21. The number of piperazine rings is 1. The summed E-state index contributed by atoms with van der Waals surface area (Å²) in [7, 11) is 0. The first kappa shape index (κ1) is 13.0. The van der Waals surface area contributed by atoms with Crippen molar-refractivity contribution in [2.24, 2.45) is 0 Å². The standard InChI is InChI=1S/C14H19N3O/c15-11-12-1-3-13(4-2-12)14(5-10-18)17-8-6-16-7-9-17/h1-4,14,16,18H,5-10H2/t14-/m1/s1. The van der Waals surface area contributed by atoms with Gasteiger partial charge in [0.2, 0.25) is 0 Å². The average Bonchev–Trinajstić information content (AvgIpc) is 2.46. The molecule has 1 aromatic rings. The quantitative estimate of drug-likeness (QED) is 0.827. The average molecular weight is 245 g/mol. The van der Waals surface area contributed by atoms with Crippen LogP contribution in [0.1, 0.15) is 23.6 Å². The summed E-state index contributed by atoms with van der Waals surface area (Å²) in [4.78, 5) is 2.40. The molecule has 1 heterocycles. The van der Waals surface area contributed by atoms with Crippen LogP contribution in [0.3, 0.4) is 0 Å². The van der Waals surface area contributed by atoms with Gasteiger partial charge in [-0.1, -0.05) is 12.1 Å². The van der Waals surface area contributed by atoms with E-state index in [0.717, 1.165) is 32.6 Å². The lowest BCUT2D eigenvalue weighted by Crippen LogP contribution is -2.45.